The molecule has 1 aliphatic heterocycles. The van der Waals surface area contributed by atoms with Crippen LogP contribution in [0, 0.1) is 0 Å². The molecule has 3 nitrogen and oxygen atoms in total. The number of rotatable bonds is 13. The lowest BCUT2D eigenvalue weighted by Gasteiger charge is -2.32. The molecule has 1 saturated heterocycles. The van der Waals surface area contributed by atoms with Gasteiger partial charge in [-0.15, -0.1) is 0 Å². The third-order valence-corrected chi connectivity index (χ3v) is 4.97. The molecular formula is C19H41N3. The van der Waals surface area contributed by atoms with Gasteiger partial charge in [0.1, 0.15) is 0 Å². The fourth-order valence-electron chi connectivity index (χ4n) is 3.37. The summed E-state index contributed by atoms with van der Waals surface area (Å²) < 4.78 is 0. The average Bonchev–Trinajstić information content (AvgIpc) is 2.53. The zero-order chi connectivity index (χ0) is 16.0. The molecule has 1 fully saturated rings. The van der Waals surface area contributed by atoms with E-state index in [9.17, 15) is 0 Å². The van der Waals surface area contributed by atoms with E-state index in [1.807, 2.05) is 0 Å². The Labute approximate surface area is 139 Å². The molecule has 22 heavy (non-hydrogen) atoms. The fraction of sp³-hybridized carbons (Fsp3) is 1.00. The molecule has 0 radical (unpaired) electrons. The van der Waals surface area contributed by atoms with Gasteiger partial charge in [-0.2, -0.15) is 0 Å². The third kappa shape index (κ3) is 9.81. The maximum absolute atomic E-state index is 3.82. The van der Waals surface area contributed by atoms with Crippen molar-refractivity contribution in [2.75, 3.05) is 46.3 Å². The molecule has 0 aromatic rings. The Hall–Kier alpha value is -0.120. The maximum atomic E-state index is 3.82. The van der Waals surface area contributed by atoms with Gasteiger partial charge in [0.15, 0.2) is 0 Å². The number of piperazine rings is 1. The molecule has 132 valence electrons. The first-order valence-corrected chi connectivity index (χ1v) is 9.90. The second-order valence-corrected chi connectivity index (χ2v) is 7.14. The van der Waals surface area contributed by atoms with Crippen LogP contribution in [0.2, 0.25) is 0 Å². The summed E-state index contributed by atoms with van der Waals surface area (Å²) in [5.74, 6) is 0. The van der Waals surface area contributed by atoms with Gasteiger partial charge in [0, 0.05) is 32.2 Å². The molecule has 3 heteroatoms. The van der Waals surface area contributed by atoms with Crippen LogP contribution in [0.15, 0.2) is 0 Å². The normalized spacial score (nSPS) is 18.7. The van der Waals surface area contributed by atoms with E-state index in [1.54, 1.807) is 0 Å². The number of likely N-dealkylation sites (N-methyl/N-ethyl adjacent to an activating group) is 1. The molecule has 0 amide bonds. The highest BCUT2D eigenvalue weighted by Crippen LogP contribution is 2.10. The SMILES string of the molecule is CCCCCCCC(CCC)NCCCN1CCN(C)CC1. The lowest BCUT2D eigenvalue weighted by Crippen LogP contribution is -2.45. The second kappa shape index (κ2) is 13.3. The molecule has 0 bridgehead atoms. The number of nitrogens with zero attached hydrogens (tertiary/aromatic N) is 2. The molecule has 1 aliphatic rings. The molecule has 1 heterocycles. The van der Waals surface area contributed by atoms with Crippen LogP contribution >= 0.6 is 0 Å². The first-order valence-electron chi connectivity index (χ1n) is 9.90. The Morgan fingerprint density at radius 2 is 1.55 bits per heavy atom. The minimum absolute atomic E-state index is 0.763. The summed E-state index contributed by atoms with van der Waals surface area (Å²) >= 11 is 0. The molecule has 0 spiro atoms. The van der Waals surface area contributed by atoms with Crippen LogP contribution in [-0.2, 0) is 0 Å². The quantitative estimate of drug-likeness (QED) is 0.523. The average molecular weight is 312 g/mol. The van der Waals surface area contributed by atoms with Gasteiger partial charge in [-0.25, -0.2) is 0 Å². The van der Waals surface area contributed by atoms with E-state index < -0.39 is 0 Å². The van der Waals surface area contributed by atoms with Gasteiger partial charge in [-0.1, -0.05) is 52.4 Å². The molecule has 1 atom stereocenters. The van der Waals surface area contributed by atoms with Crippen molar-refractivity contribution >= 4 is 0 Å². The van der Waals surface area contributed by atoms with E-state index in [0.717, 1.165) is 6.04 Å². The van der Waals surface area contributed by atoms with Crippen molar-refractivity contribution in [2.24, 2.45) is 0 Å². The molecule has 0 aliphatic carbocycles. The first kappa shape index (κ1) is 19.9. The number of unbranched alkanes of at least 4 members (excludes halogenated alkanes) is 4. The van der Waals surface area contributed by atoms with Crippen LogP contribution in [0.4, 0.5) is 0 Å². The van der Waals surface area contributed by atoms with Crippen LogP contribution in [0.5, 0.6) is 0 Å². The summed E-state index contributed by atoms with van der Waals surface area (Å²) in [5.41, 5.74) is 0. The Bertz CT molecular complexity index is 237. The molecular weight excluding hydrogens is 270 g/mol. The molecule has 0 aromatic heterocycles. The predicted octanol–water partition coefficient (Wildman–Crippen LogP) is 3.74. The molecule has 1 N–H and O–H groups in total. The summed E-state index contributed by atoms with van der Waals surface area (Å²) in [7, 11) is 2.23. The van der Waals surface area contributed by atoms with Crippen molar-refractivity contribution in [3.63, 3.8) is 0 Å². The van der Waals surface area contributed by atoms with Gasteiger partial charge in [-0.3, -0.25) is 0 Å². The topological polar surface area (TPSA) is 18.5 Å². The van der Waals surface area contributed by atoms with Gasteiger partial charge >= 0.3 is 0 Å². The second-order valence-electron chi connectivity index (χ2n) is 7.14. The summed E-state index contributed by atoms with van der Waals surface area (Å²) in [4.78, 5) is 5.06. The molecule has 1 unspecified atom stereocenters. The van der Waals surface area contributed by atoms with Crippen LogP contribution in [-0.4, -0.2) is 62.2 Å². The first-order chi connectivity index (χ1) is 10.8. The zero-order valence-electron chi connectivity index (χ0n) is 15.6. The monoisotopic (exact) mass is 311 g/mol. The van der Waals surface area contributed by atoms with Crippen LogP contribution in [0.25, 0.3) is 0 Å². The predicted molar refractivity (Wildman–Crippen MR) is 98.6 cm³/mol. The van der Waals surface area contributed by atoms with Gasteiger partial charge in [0.25, 0.3) is 0 Å². The Kier molecular flexibility index (Phi) is 12.1. The summed E-state index contributed by atoms with van der Waals surface area (Å²) in [5, 5.41) is 3.82. The van der Waals surface area contributed by atoms with Crippen molar-refractivity contribution in [2.45, 2.75) is 77.7 Å². The van der Waals surface area contributed by atoms with Gasteiger partial charge in [0.2, 0.25) is 0 Å². The van der Waals surface area contributed by atoms with Crippen molar-refractivity contribution in [3.05, 3.63) is 0 Å². The number of nitrogens with one attached hydrogen (secondary N) is 1. The van der Waals surface area contributed by atoms with Gasteiger partial charge < -0.3 is 15.1 Å². The fourth-order valence-corrected chi connectivity index (χ4v) is 3.37. The summed E-state index contributed by atoms with van der Waals surface area (Å²) in [6, 6.07) is 0.763. The smallest absolute Gasteiger partial charge is 0.0110 e. The summed E-state index contributed by atoms with van der Waals surface area (Å²) in [6.07, 6.45) is 12.4. The zero-order valence-corrected chi connectivity index (χ0v) is 15.6. The number of hydrogen-bond donors (Lipinski definition) is 1. The van der Waals surface area contributed by atoms with Crippen molar-refractivity contribution in [3.8, 4) is 0 Å². The van der Waals surface area contributed by atoms with Crippen molar-refractivity contribution in [1.29, 1.82) is 0 Å². The highest BCUT2D eigenvalue weighted by molar-refractivity contribution is 4.71. The lowest BCUT2D eigenvalue weighted by molar-refractivity contribution is 0.152. The van der Waals surface area contributed by atoms with Crippen molar-refractivity contribution in [1.82, 2.24) is 15.1 Å². The Morgan fingerprint density at radius 1 is 0.818 bits per heavy atom. The Balaban J connectivity index is 2.02. The van der Waals surface area contributed by atoms with E-state index in [1.165, 1.54) is 97.1 Å². The largest absolute Gasteiger partial charge is 0.314 e. The highest BCUT2D eigenvalue weighted by atomic mass is 15.2. The minimum atomic E-state index is 0.763. The highest BCUT2D eigenvalue weighted by Gasteiger charge is 2.13. The van der Waals surface area contributed by atoms with E-state index in [0.29, 0.717) is 0 Å². The summed E-state index contributed by atoms with van der Waals surface area (Å²) in [6.45, 7) is 12.1. The van der Waals surface area contributed by atoms with Crippen LogP contribution in [0.3, 0.4) is 0 Å². The van der Waals surface area contributed by atoms with Crippen molar-refractivity contribution < 1.29 is 0 Å². The van der Waals surface area contributed by atoms with E-state index in [2.05, 4.69) is 36.0 Å². The maximum Gasteiger partial charge on any atom is 0.0110 e. The van der Waals surface area contributed by atoms with Gasteiger partial charge in [-0.05, 0) is 39.4 Å². The molecule has 0 aromatic carbocycles. The van der Waals surface area contributed by atoms with Crippen LogP contribution in [0.1, 0.15) is 71.6 Å². The van der Waals surface area contributed by atoms with Gasteiger partial charge in [0.05, 0.1) is 0 Å². The Morgan fingerprint density at radius 3 is 2.23 bits per heavy atom. The van der Waals surface area contributed by atoms with E-state index in [4.69, 9.17) is 0 Å². The third-order valence-electron chi connectivity index (χ3n) is 4.97. The number of hydrogen-bond acceptors (Lipinski definition) is 3. The van der Waals surface area contributed by atoms with E-state index >= 15 is 0 Å². The minimum Gasteiger partial charge on any atom is -0.314 e. The molecule has 1 rings (SSSR count). The standard InChI is InChI=1S/C19H41N3/c1-4-6-7-8-9-12-19(11-5-2)20-13-10-14-22-17-15-21(3)16-18-22/h19-20H,4-18H2,1-3H3. The lowest BCUT2D eigenvalue weighted by atomic mass is 10.0. The molecule has 0 saturated carbocycles. The van der Waals surface area contributed by atoms with Crippen LogP contribution < -0.4 is 5.32 Å². The van der Waals surface area contributed by atoms with E-state index in [-0.39, 0.29) is 0 Å².